The molecule has 0 aliphatic carbocycles. The van der Waals surface area contributed by atoms with Gasteiger partial charge in [0.1, 0.15) is 11.1 Å². The van der Waals surface area contributed by atoms with E-state index in [1.807, 2.05) is 97.2 Å². The van der Waals surface area contributed by atoms with Crippen LogP contribution >= 0.6 is 0 Å². The lowest BCUT2D eigenvalue weighted by Gasteiger charge is -2.12. The maximum atomic E-state index is 6.16. The number of nitrogens with zero attached hydrogens (tertiary/aromatic N) is 5. The minimum absolute atomic E-state index is 0.594. The molecule has 0 saturated heterocycles. The Balaban J connectivity index is 1.24. The van der Waals surface area contributed by atoms with Crippen LogP contribution in [-0.4, -0.2) is 24.9 Å². The zero-order valence-electron chi connectivity index (χ0n) is 25.1. The molecule has 0 atom stereocenters. The third kappa shape index (κ3) is 4.98. The molecule has 6 heteroatoms. The van der Waals surface area contributed by atoms with Gasteiger partial charge in [0.15, 0.2) is 23.1 Å². The molecule has 0 fully saturated rings. The van der Waals surface area contributed by atoms with Gasteiger partial charge in [-0.3, -0.25) is 4.98 Å². The first-order chi connectivity index (χ1) is 23.2. The maximum absolute atomic E-state index is 6.16. The van der Waals surface area contributed by atoms with E-state index in [2.05, 4.69) is 53.5 Å². The molecule has 0 aliphatic heterocycles. The summed E-state index contributed by atoms with van der Waals surface area (Å²) in [5.74, 6) is 1.83. The minimum Gasteiger partial charge on any atom is -0.454 e. The molecule has 0 saturated carbocycles. The van der Waals surface area contributed by atoms with Crippen LogP contribution in [0.5, 0.6) is 0 Å². The summed E-state index contributed by atoms with van der Waals surface area (Å²) in [6.45, 7) is 0. The molecule has 0 N–H and O–H groups in total. The summed E-state index contributed by atoms with van der Waals surface area (Å²) in [7, 11) is 0. The van der Waals surface area contributed by atoms with Crippen molar-refractivity contribution in [2.75, 3.05) is 0 Å². The molecule has 9 rings (SSSR count). The number of hydrogen-bond donors (Lipinski definition) is 0. The topological polar surface area (TPSA) is 77.6 Å². The Morgan fingerprint density at radius 3 is 1.72 bits per heavy atom. The van der Waals surface area contributed by atoms with Gasteiger partial charge in [0.2, 0.25) is 0 Å². The van der Waals surface area contributed by atoms with E-state index in [1.54, 1.807) is 6.20 Å². The van der Waals surface area contributed by atoms with Crippen molar-refractivity contribution in [1.82, 2.24) is 24.9 Å². The molecule has 0 aliphatic rings. The van der Waals surface area contributed by atoms with Crippen molar-refractivity contribution >= 4 is 33.0 Å². The molecule has 0 spiro atoms. The van der Waals surface area contributed by atoms with E-state index in [4.69, 9.17) is 24.4 Å². The summed E-state index contributed by atoms with van der Waals surface area (Å²) in [6, 6.07) is 47.0. The van der Waals surface area contributed by atoms with Gasteiger partial charge in [-0.2, -0.15) is 0 Å². The number of pyridine rings is 2. The molecule has 47 heavy (non-hydrogen) atoms. The Kier molecular flexibility index (Phi) is 6.35. The SMILES string of the molecule is c1ccc(-c2nc(-c3ccccc3)nc(-c3cc(-c4cccnc4)cc(-c4ccc5nc6c(cc5c4)oc4ccccc46)c3)n2)cc1. The van der Waals surface area contributed by atoms with Crippen LogP contribution in [0.2, 0.25) is 0 Å². The van der Waals surface area contributed by atoms with Gasteiger partial charge in [0, 0.05) is 45.4 Å². The number of furan rings is 1. The Morgan fingerprint density at radius 2 is 1.02 bits per heavy atom. The van der Waals surface area contributed by atoms with Gasteiger partial charge in [0.05, 0.1) is 5.52 Å². The maximum Gasteiger partial charge on any atom is 0.164 e. The highest BCUT2D eigenvalue weighted by atomic mass is 16.3. The Bertz CT molecular complexity index is 2510. The van der Waals surface area contributed by atoms with Crippen molar-refractivity contribution < 1.29 is 4.42 Å². The smallest absolute Gasteiger partial charge is 0.164 e. The van der Waals surface area contributed by atoms with Crippen molar-refractivity contribution in [3.8, 4) is 56.4 Å². The van der Waals surface area contributed by atoms with Crippen molar-refractivity contribution in [1.29, 1.82) is 0 Å². The highest BCUT2D eigenvalue weighted by Crippen LogP contribution is 2.35. The van der Waals surface area contributed by atoms with Crippen LogP contribution in [-0.2, 0) is 0 Å². The predicted octanol–water partition coefficient (Wildman–Crippen LogP) is 10.0. The molecule has 0 amide bonds. The molecule has 4 aromatic heterocycles. The van der Waals surface area contributed by atoms with Crippen LogP contribution < -0.4 is 0 Å². The number of benzene rings is 5. The summed E-state index contributed by atoms with van der Waals surface area (Å²) >= 11 is 0. The van der Waals surface area contributed by atoms with Gasteiger partial charge in [-0.25, -0.2) is 19.9 Å². The number of para-hydroxylation sites is 1. The normalized spacial score (nSPS) is 11.4. The van der Waals surface area contributed by atoms with Crippen LogP contribution in [0.4, 0.5) is 0 Å². The highest BCUT2D eigenvalue weighted by molar-refractivity contribution is 6.06. The van der Waals surface area contributed by atoms with Gasteiger partial charge in [-0.15, -0.1) is 0 Å². The first kappa shape index (κ1) is 26.8. The average molecular weight is 604 g/mol. The lowest BCUT2D eigenvalue weighted by atomic mass is 9.95. The van der Waals surface area contributed by atoms with Gasteiger partial charge < -0.3 is 4.42 Å². The molecular formula is C41H25N5O. The molecule has 0 unspecified atom stereocenters. The van der Waals surface area contributed by atoms with E-state index >= 15 is 0 Å². The van der Waals surface area contributed by atoms with Crippen molar-refractivity contribution in [2.24, 2.45) is 0 Å². The standard InChI is InChI=1S/C41H25N5O/c1-3-10-26(11-4-1)39-44-40(27-12-5-2-6-13-27)46-41(45-39)33-22-30(21-31(23-33)29-14-9-19-42-25-29)28-17-18-35-32(20-28)24-37-38(43-35)34-15-7-8-16-36(34)47-37/h1-25H. The number of hydrogen-bond acceptors (Lipinski definition) is 6. The summed E-state index contributed by atoms with van der Waals surface area (Å²) in [4.78, 5) is 24.3. The molecule has 0 bridgehead atoms. The second kappa shape index (κ2) is 11.1. The summed E-state index contributed by atoms with van der Waals surface area (Å²) < 4.78 is 6.16. The number of fused-ring (bicyclic) bond motifs is 4. The second-order valence-electron chi connectivity index (χ2n) is 11.4. The quantitative estimate of drug-likeness (QED) is 0.195. The summed E-state index contributed by atoms with van der Waals surface area (Å²) in [5.41, 5.74) is 10.2. The van der Waals surface area contributed by atoms with Crippen LogP contribution in [0.15, 0.2) is 156 Å². The van der Waals surface area contributed by atoms with Crippen LogP contribution in [0.1, 0.15) is 0 Å². The van der Waals surface area contributed by atoms with E-state index in [0.29, 0.717) is 17.5 Å². The van der Waals surface area contributed by atoms with Gasteiger partial charge >= 0.3 is 0 Å². The van der Waals surface area contributed by atoms with Gasteiger partial charge in [0.25, 0.3) is 0 Å². The van der Waals surface area contributed by atoms with Crippen molar-refractivity contribution in [2.45, 2.75) is 0 Å². The Labute approximate surface area is 270 Å². The third-order valence-corrected chi connectivity index (χ3v) is 8.36. The first-order valence-corrected chi connectivity index (χ1v) is 15.4. The lowest BCUT2D eigenvalue weighted by Crippen LogP contribution is -2.00. The molecule has 6 nitrogen and oxygen atoms in total. The molecule has 0 radical (unpaired) electrons. The fraction of sp³-hybridized carbons (Fsp3) is 0. The van der Waals surface area contributed by atoms with E-state index in [1.165, 1.54) is 0 Å². The minimum atomic E-state index is 0.594. The van der Waals surface area contributed by atoms with Crippen LogP contribution in [0.3, 0.4) is 0 Å². The summed E-state index contributed by atoms with van der Waals surface area (Å²) in [5, 5.41) is 2.02. The molecule has 9 aromatic rings. The van der Waals surface area contributed by atoms with E-state index in [9.17, 15) is 0 Å². The van der Waals surface area contributed by atoms with E-state index < -0.39 is 0 Å². The van der Waals surface area contributed by atoms with Gasteiger partial charge in [-0.05, 0) is 71.3 Å². The monoisotopic (exact) mass is 603 g/mol. The van der Waals surface area contributed by atoms with Crippen LogP contribution in [0, 0.1) is 0 Å². The van der Waals surface area contributed by atoms with Gasteiger partial charge in [-0.1, -0.05) is 84.9 Å². The Morgan fingerprint density at radius 1 is 0.404 bits per heavy atom. The lowest BCUT2D eigenvalue weighted by molar-refractivity contribution is 0.669. The summed E-state index contributed by atoms with van der Waals surface area (Å²) in [6.07, 6.45) is 3.66. The largest absolute Gasteiger partial charge is 0.454 e. The molecule has 4 heterocycles. The molecule has 5 aromatic carbocycles. The fourth-order valence-corrected chi connectivity index (χ4v) is 6.04. The number of aromatic nitrogens is 5. The third-order valence-electron chi connectivity index (χ3n) is 8.36. The molecular weight excluding hydrogens is 578 g/mol. The molecule has 220 valence electrons. The number of rotatable bonds is 5. The van der Waals surface area contributed by atoms with E-state index in [0.717, 1.165) is 71.9 Å². The predicted molar refractivity (Wildman–Crippen MR) is 187 cm³/mol. The Hall–Kier alpha value is -6.53. The van der Waals surface area contributed by atoms with Crippen molar-refractivity contribution in [3.05, 3.63) is 152 Å². The van der Waals surface area contributed by atoms with Crippen molar-refractivity contribution in [3.63, 3.8) is 0 Å². The zero-order valence-corrected chi connectivity index (χ0v) is 25.1. The van der Waals surface area contributed by atoms with Crippen LogP contribution in [0.25, 0.3) is 89.4 Å². The second-order valence-corrected chi connectivity index (χ2v) is 11.4. The zero-order chi connectivity index (χ0) is 31.2. The first-order valence-electron chi connectivity index (χ1n) is 15.4. The average Bonchev–Trinajstić information content (AvgIpc) is 3.51. The highest BCUT2D eigenvalue weighted by Gasteiger charge is 2.16. The fourth-order valence-electron chi connectivity index (χ4n) is 6.04. The van der Waals surface area contributed by atoms with E-state index in [-0.39, 0.29) is 0 Å².